The number of carbonyl (C=O) groups excluding carboxylic acids is 3. The van der Waals surface area contributed by atoms with Crippen LogP contribution >= 0.6 is 0 Å². The molecule has 0 saturated carbocycles. The summed E-state index contributed by atoms with van der Waals surface area (Å²) in [6.45, 7) is 6.29. The summed E-state index contributed by atoms with van der Waals surface area (Å²) in [4.78, 5) is 37.8. The van der Waals surface area contributed by atoms with Gasteiger partial charge in [0, 0.05) is 19.3 Å². The van der Waals surface area contributed by atoms with Gasteiger partial charge in [-0.25, -0.2) is 0 Å². The quantitative estimate of drug-likeness (QED) is 0.0201. The van der Waals surface area contributed by atoms with Crippen LogP contribution in [0.25, 0.3) is 0 Å². The first-order valence-electron chi connectivity index (χ1n) is 23.8. The Bertz CT molecular complexity index is 1220. The minimum Gasteiger partial charge on any atom is -0.462 e. The van der Waals surface area contributed by atoms with Gasteiger partial charge >= 0.3 is 17.9 Å². The maximum absolute atomic E-state index is 12.7. The molecule has 1 unspecified atom stereocenters. The lowest BCUT2D eigenvalue weighted by molar-refractivity contribution is -0.167. The van der Waals surface area contributed by atoms with Gasteiger partial charge in [0.05, 0.1) is 0 Å². The summed E-state index contributed by atoms with van der Waals surface area (Å²) >= 11 is 0. The van der Waals surface area contributed by atoms with Crippen LogP contribution in [0.5, 0.6) is 0 Å². The summed E-state index contributed by atoms with van der Waals surface area (Å²) in [5.41, 5.74) is 0. The van der Waals surface area contributed by atoms with Crippen molar-refractivity contribution in [2.45, 2.75) is 207 Å². The normalized spacial score (nSPS) is 12.9. The van der Waals surface area contributed by atoms with E-state index in [1.807, 2.05) is 6.08 Å². The van der Waals surface area contributed by atoms with Crippen molar-refractivity contribution in [1.82, 2.24) is 0 Å². The summed E-state index contributed by atoms with van der Waals surface area (Å²) in [6.07, 6.45) is 61.1. The zero-order valence-electron chi connectivity index (χ0n) is 38.0. The second-order valence-corrected chi connectivity index (χ2v) is 15.3. The zero-order valence-corrected chi connectivity index (χ0v) is 38.0. The van der Waals surface area contributed by atoms with E-state index in [0.29, 0.717) is 19.3 Å². The second kappa shape index (κ2) is 47.0. The fraction of sp³-hybridized carbons (Fsp3) is 0.642. The molecule has 0 aliphatic rings. The molecule has 0 amide bonds. The van der Waals surface area contributed by atoms with Gasteiger partial charge in [-0.1, -0.05) is 201 Å². The standard InChI is InChI=1S/C53H86O6/c1-4-7-10-13-16-19-22-24-25-26-27-29-31-34-37-40-43-46-52(55)58-49-50(48-57-51(54)45-42-39-36-33-30-21-18-15-12-9-6-3)59-53(56)47-44-41-38-35-32-28-23-20-17-14-11-8-5-2/h7-8,10-11,14,16-17,19-20,23-25,27,29,34,37,50H,4-6,9,12-13,15,18,21-22,26,28,30-33,35-36,38-49H2,1-3H3/b10-7-,11-8-,17-14-,19-16-,23-20-,25-24-,29-27-,37-34-. The van der Waals surface area contributed by atoms with E-state index in [4.69, 9.17) is 14.2 Å². The third-order valence-corrected chi connectivity index (χ3v) is 9.65. The first-order chi connectivity index (χ1) is 29.0. The maximum atomic E-state index is 12.7. The molecule has 0 heterocycles. The summed E-state index contributed by atoms with van der Waals surface area (Å²) in [6, 6.07) is 0. The molecular formula is C53H86O6. The molecule has 0 saturated heterocycles. The largest absolute Gasteiger partial charge is 0.462 e. The molecule has 0 aromatic carbocycles. The monoisotopic (exact) mass is 819 g/mol. The molecule has 0 spiro atoms. The highest BCUT2D eigenvalue weighted by atomic mass is 16.6. The number of allylic oxidation sites excluding steroid dienone is 16. The van der Waals surface area contributed by atoms with Crippen LogP contribution in [0, 0.1) is 0 Å². The second-order valence-electron chi connectivity index (χ2n) is 15.3. The van der Waals surface area contributed by atoms with Crippen molar-refractivity contribution in [3.05, 3.63) is 97.2 Å². The molecular weight excluding hydrogens is 733 g/mol. The van der Waals surface area contributed by atoms with Gasteiger partial charge in [0.15, 0.2) is 6.10 Å². The molecule has 334 valence electrons. The first kappa shape index (κ1) is 55.3. The molecule has 0 bridgehead atoms. The Morgan fingerprint density at radius 1 is 0.373 bits per heavy atom. The van der Waals surface area contributed by atoms with E-state index in [1.54, 1.807) is 0 Å². The summed E-state index contributed by atoms with van der Waals surface area (Å²) in [5.74, 6) is -0.993. The Morgan fingerprint density at radius 2 is 0.763 bits per heavy atom. The first-order valence-corrected chi connectivity index (χ1v) is 23.8. The van der Waals surface area contributed by atoms with E-state index in [1.165, 1.54) is 51.4 Å². The van der Waals surface area contributed by atoms with Gasteiger partial charge < -0.3 is 14.2 Å². The smallest absolute Gasteiger partial charge is 0.306 e. The van der Waals surface area contributed by atoms with Gasteiger partial charge in [-0.2, -0.15) is 0 Å². The van der Waals surface area contributed by atoms with Crippen LogP contribution in [-0.4, -0.2) is 37.2 Å². The lowest BCUT2D eigenvalue weighted by Gasteiger charge is -2.18. The highest BCUT2D eigenvalue weighted by molar-refractivity contribution is 5.71. The molecule has 0 fully saturated rings. The minimum atomic E-state index is -0.808. The molecule has 6 nitrogen and oxygen atoms in total. The third kappa shape index (κ3) is 45.3. The van der Waals surface area contributed by atoms with Crippen molar-refractivity contribution in [3.63, 3.8) is 0 Å². The van der Waals surface area contributed by atoms with Gasteiger partial charge in [-0.05, 0) is 77.0 Å². The van der Waals surface area contributed by atoms with Crippen molar-refractivity contribution >= 4 is 17.9 Å². The van der Waals surface area contributed by atoms with E-state index >= 15 is 0 Å². The highest BCUT2D eigenvalue weighted by Crippen LogP contribution is 2.13. The van der Waals surface area contributed by atoms with Gasteiger partial charge in [-0.3, -0.25) is 14.4 Å². The Hall–Kier alpha value is -3.67. The van der Waals surface area contributed by atoms with Gasteiger partial charge in [0.25, 0.3) is 0 Å². The summed E-state index contributed by atoms with van der Waals surface area (Å²) in [7, 11) is 0. The maximum Gasteiger partial charge on any atom is 0.306 e. The Morgan fingerprint density at radius 3 is 1.27 bits per heavy atom. The summed E-state index contributed by atoms with van der Waals surface area (Å²) < 4.78 is 16.7. The van der Waals surface area contributed by atoms with Crippen LogP contribution < -0.4 is 0 Å². The lowest BCUT2D eigenvalue weighted by Crippen LogP contribution is -2.30. The van der Waals surface area contributed by atoms with E-state index in [0.717, 1.165) is 103 Å². The minimum absolute atomic E-state index is 0.104. The number of hydrogen-bond donors (Lipinski definition) is 0. The Balaban J connectivity index is 4.51. The number of carbonyl (C=O) groups is 3. The molecule has 6 heteroatoms. The molecule has 0 N–H and O–H groups in total. The third-order valence-electron chi connectivity index (χ3n) is 9.65. The van der Waals surface area contributed by atoms with Gasteiger partial charge in [0.2, 0.25) is 0 Å². The van der Waals surface area contributed by atoms with E-state index in [-0.39, 0.29) is 37.5 Å². The number of hydrogen-bond acceptors (Lipinski definition) is 6. The number of ether oxygens (including phenoxy) is 3. The van der Waals surface area contributed by atoms with Crippen molar-refractivity contribution in [2.75, 3.05) is 13.2 Å². The number of rotatable bonds is 41. The molecule has 1 atom stereocenters. The predicted octanol–water partition coefficient (Wildman–Crippen LogP) is 15.4. The lowest BCUT2D eigenvalue weighted by atomic mass is 10.1. The number of esters is 3. The van der Waals surface area contributed by atoms with Crippen molar-refractivity contribution in [1.29, 1.82) is 0 Å². The fourth-order valence-electron chi connectivity index (χ4n) is 6.12. The SMILES string of the molecule is CC\C=C/C=C\C=C/CCCCCCCC(=O)OC(COC(=O)CCC/C=C\C/C=C\C/C=C\C/C=C\C/C=C\CC)COC(=O)CCCCCCCCCCCCC. The zero-order chi connectivity index (χ0) is 43.0. The van der Waals surface area contributed by atoms with Crippen LogP contribution in [0.15, 0.2) is 97.2 Å². The van der Waals surface area contributed by atoms with Crippen LogP contribution in [0.1, 0.15) is 201 Å². The molecule has 0 aliphatic carbocycles. The van der Waals surface area contributed by atoms with Crippen LogP contribution in [-0.2, 0) is 28.6 Å². The predicted molar refractivity (Wildman–Crippen MR) is 251 cm³/mol. The van der Waals surface area contributed by atoms with E-state index in [2.05, 4.69) is 112 Å². The van der Waals surface area contributed by atoms with Crippen LogP contribution in [0.2, 0.25) is 0 Å². The molecule has 0 radical (unpaired) electrons. The average molecular weight is 819 g/mol. The summed E-state index contributed by atoms with van der Waals surface area (Å²) in [5, 5.41) is 0. The number of unbranched alkanes of at least 4 members (excludes halogenated alkanes) is 16. The molecule has 0 aromatic rings. The van der Waals surface area contributed by atoms with Crippen molar-refractivity contribution in [2.24, 2.45) is 0 Å². The molecule has 0 aromatic heterocycles. The van der Waals surface area contributed by atoms with Gasteiger partial charge in [-0.15, -0.1) is 0 Å². The molecule has 0 aliphatic heterocycles. The molecule has 59 heavy (non-hydrogen) atoms. The van der Waals surface area contributed by atoms with E-state index < -0.39 is 6.10 Å². The van der Waals surface area contributed by atoms with Crippen LogP contribution in [0.4, 0.5) is 0 Å². The van der Waals surface area contributed by atoms with E-state index in [9.17, 15) is 14.4 Å². The Labute approximate surface area is 362 Å². The van der Waals surface area contributed by atoms with Crippen molar-refractivity contribution in [3.8, 4) is 0 Å². The van der Waals surface area contributed by atoms with Gasteiger partial charge in [0.1, 0.15) is 13.2 Å². The van der Waals surface area contributed by atoms with Crippen LogP contribution in [0.3, 0.4) is 0 Å². The molecule has 0 rings (SSSR count). The van der Waals surface area contributed by atoms with Crippen molar-refractivity contribution < 1.29 is 28.6 Å². The topological polar surface area (TPSA) is 78.9 Å². The Kier molecular flexibility index (Phi) is 44.1. The highest BCUT2D eigenvalue weighted by Gasteiger charge is 2.19. The average Bonchev–Trinajstić information content (AvgIpc) is 3.23. The fourth-order valence-corrected chi connectivity index (χ4v) is 6.12.